The van der Waals surface area contributed by atoms with E-state index in [1.54, 1.807) is 0 Å². The largest absolute Gasteiger partial charge is 0.378 e. The Kier molecular flexibility index (Phi) is 7.35. The van der Waals surface area contributed by atoms with Gasteiger partial charge in [-0.25, -0.2) is 0 Å². The van der Waals surface area contributed by atoms with Crippen LogP contribution in [0.4, 0.5) is 0 Å². The van der Waals surface area contributed by atoms with Gasteiger partial charge in [0.25, 0.3) is 0 Å². The molecule has 0 radical (unpaired) electrons. The van der Waals surface area contributed by atoms with Crippen molar-refractivity contribution < 1.29 is 4.74 Å². The Balaban J connectivity index is 1.72. The second-order valence-electron chi connectivity index (χ2n) is 8.01. The molecule has 0 aromatic heterocycles. The van der Waals surface area contributed by atoms with Crippen molar-refractivity contribution in [1.29, 1.82) is 0 Å². The highest BCUT2D eigenvalue weighted by molar-refractivity contribution is 6.20. The molecular formula is C19H35ClO. The minimum absolute atomic E-state index is 0.426. The van der Waals surface area contributed by atoms with Gasteiger partial charge in [-0.1, -0.05) is 40.0 Å². The number of hydrogen-bond donors (Lipinski definition) is 0. The van der Waals surface area contributed by atoms with Crippen LogP contribution >= 0.6 is 11.6 Å². The van der Waals surface area contributed by atoms with Gasteiger partial charge >= 0.3 is 0 Å². The van der Waals surface area contributed by atoms with E-state index in [-0.39, 0.29) is 0 Å². The summed E-state index contributed by atoms with van der Waals surface area (Å²) >= 11 is 6.19. The van der Waals surface area contributed by atoms with E-state index in [0.29, 0.717) is 11.5 Å². The lowest BCUT2D eigenvalue weighted by atomic mass is 9.75. The second-order valence-corrected chi connectivity index (χ2v) is 8.63. The lowest BCUT2D eigenvalue weighted by Gasteiger charge is -2.37. The van der Waals surface area contributed by atoms with Crippen molar-refractivity contribution in [3.05, 3.63) is 0 Å². The van der Waals surface area contributed by atoms with E-state index in [1.807, 2.05) is 0 Å². The van der Waals surface area contributed by atoms with Crippen LogP contribution in [-0.4, -0.2) is 18.1 Å². The third-order valence-corrected chi connectivity index (χ3v) is 6.27. The minimum atomic E-state index is 0.426. The maximum absolute atomic E-state index is 6.36. The van der Waals surface area contributed by atoms with Crippen molar-refractivity contribution in [2.75, 3.05) is 6.61 Å². The molecule has 2 aliphatic rings. The third kappa shape index (κ3) is 5.75. The topological polar surface area (TPSA) is 9.23 Å². The van der Waals surface area contributed by atoms with Crippen molar-refractivity contribution in [3.63, 3.8) is 0 Å². The number of alkyl halides is 1. The molecule has 3 unspecified atom stereocenters. The molecule has 1 nitrogen and oxygen atoms in total. The molecule has 0 saturated heterocycles. The van der Waals surface area contributed by atoms with Crippen LogP contribution in [0.2, 0.25) is 0 Å². The molecule has 0 aromatic carbocycles. The first-order valence-corrected chi connectivity index (χ1v) is 9.75. The molecule has 0 amide bonds. The Morgan fingerprint density at radius 3 is 2.43 bits per heavy atom. The lowest BCUT2D eigenvalue weighted by Crippen LogP contribution is -2.34. The highest BCUT2D eigenvalue weighted by atomic mass is 35.5. The van der Waals surface area contributed by atoms with Crippen LogP contribution in [-0.2, 0) is 4.74 Å². The Bertz CT molecular complexity index is 283. The smallest absolute Gasteiger partial charge is 0.0603 e. The second kappa shape index (κ2) is 8.77. The van der Waals surface area contributed by atoms with Gasteiger partial charge in [-0.15, -0.1) is 11.6 Å². The fourth-order valence-electron chi connectivity index (χ4n) is 4.15. The summed E-state index contributed by atoms with van der Waals surface area (Å²) in [6.45, 7) is 8.10. The number of ether oxygens (including phenoxy) is 1. The molecular weight excluding hydrogens is 280 g/mol. The van der Waals surface area contributed by atoms with E-state index in [2.05, 4.69) is 20.8 Å². The average molecular weight is 315 g/mol. The van der Waals surface area contributed by atoms with Crippen LogP contribution in [0.1, 0.15) is 78.6 Å². The maximum Gasteiger partial charge on any atom is 0.0603 e. The van der Waals surface area contributed by atoms with Gasteiger partial charge in [0, 0.05) is 12.0 Å². The van der Waals surface area contributed by atoms with E-state index >= 15 is 0 Å². The zero-order valence-corrected chi connectivity index (χ0v) is 15.1. The summed E-state index contributed by atoms with van der Waals surface area (Å²) in [6.07, 6.45) is 12.3. The molecule has 2 rings (SSSR count). The van der Waals surface area contributed by atoms with Crippen molar-refractivity contribution in [2.45, 2.75) is 90.0 Å². The standard InChI is InChI=1S/C19H35ClO/c1-14(2)7-10-17-5-4-6-19(15(17)3)21-13-16-8-11-18(20)12-9-16/h14-19H,4-13H2,1-3H3. The summed E-state index contributed by atoms with van der Waals surface area (Å²) < 4.78 is 6.36. The monoisotopic (exact) mass is 314 g/mol. The number of hydrogen-bond acceptors (Lipinski definition) is 1. The molecule has 2 aliphatic carbocycles. The normalized spacial score (nSPS) is 37.9. The van der Waals surface area contributed by atoms with Crippen LogP contribution < -0.4 is 0 Å². The fourth-order valence-corrected chi connectivity index (χ4v) is 4.40. The van der Waals surface area contributed by atoms with E-state index in [0.717, 1.165) is 30.3 Å². The van der Waals surface area contributed by atoms with Crippen molar-refractivity contribution in [3.8, 4) is 0 Å². The van der Waals surface area contributed by atoms with Crippen LogP contribution in [0, 0.1) is 23.7 Å². The molecule has 2 heteroatoms. The van der Waals surface area contributed by atoms with Gasteiger partial charge in [-0.3, -0.25) is 0 Å². The van der Waals surface area contributed by atoms with Crippen LogP contribution in [0.5, 0.6) is 0 Å². The van der Waals surface area contributed by atoms with Gasteiger partial charge < -0.3 is 4.74 Å². The van der Waals surface area contributed by atoms with Gasteiger partial charge in [-0.2, -0.15) is 0 Å². The molecule has 3 atom stereocenters. The van der Waals surface area contributed by atoms with Crippen LogP contribution in [0.25, 0.3) is 0 Å². The van der Waals surface area contributed by atoms with E-state index in [1.165, 1.54) is 57.8 Å². The van der Waals surface area contributed by atoms with Crippen LogP contribution in [0.15, 0.2) is 0 Å². The van der Waals surface area contributed by atoms with Crippen LogP contribution in [0.3, 0.4) is 0 Å². The Labute approximate surface area is 137 Å². The Hall–Kier alpha value is 0.250. The first kappa shape index (κ1) is 17.6. The summed E-state index contributed by atoms with van der Waals surface area (Å²) in [5, 5.41) is 0.426. The minimum Gasteiger partial charge on any atom is -0.378 e. The molecule has 124 valence electrons. The number of halogens is 1. The predicted octanol–water partition coefficient (Wildman–Crippen LogP) is 6.04. The Morgan fingerprint density at radius 2 is 1.76 bits per heavy atom. The van der Waals surface area contributed by atoms with Gasteiger partial charge in [0.1, 0.15) is 0 Å². The molecule has 21 heavy (non-hydrogen) atoms. The highest BCUT2D eigenvalue weighted by Crippen LogP contribution is 2.36. The zero-order chi connectivity index (χ0) is 15.2. The van der Waals surface area contributed by atoms with Crippen molar-refractivity contribution in [1.82, 2.24) is 0 Å². The molecule has 0 bridgehead atoms. The summed E-state index contributed by atoms with van der Waals surface area (Å²) in [6, 6.07) is 0. The predicted molar refractivity (Wildman–Crippen MR) is 91.9 cm³/mol. The first-order chi connectivity index (χ1) is 10.1. The van der Waals surface area contributed by atoms with E-state index in [4.69, 9.17) is 16.3 Å². The molecule has 0 aromatic rings. The van der Waals surface area contributed by atoms with Gasteiger partial charge in [0.15, 0.2) is 0 Å². The Morgan fingerprint density at radius 1 is 1.05 bits per heavy atom. The first-order valence-electron chi connectivity index (χ1n) is 9.32. The summed E-state index contributed by atoms with van der Waals surface area (Å²) in [4.78, 5) is 0. The lowest BCUT2D eigenvalue weighted by molar-refractivity contribution is -0.0467. The molecule has 0 N–H and O–H groups in total. The summed E-state index contributed by atoms with van der Waals surface area (Å²) in [7, 11) is 0. The third-order valence-electron chi connectivity index (χ3n) is 5.83. The highest BCUT2D eigenvalue weighted by Gasteiger charge is 2.31. The zero-order valence-electron chi connectivity index (χ0n) is 14.3. The van der Waals surface area contributed by atoms with E-state index < -0.39 is 0 Å². The SMILES string of the molecule is CC(C)CCC1CCCC(OCC2CCC(Cl)CC2)C1C. The fraction of sp³-hybridized carbons (Fsp3) is 1.00. The van der Waals surface area contributed by atoms with Gasteiger partial charge in [0.05, 0.1) is 6.10 Å². The van der Waals surface area contributed by atoms with Crippen molar-refractivity contribution >= 4 is 11.6 Å². The molecule has 0 spiro atoms. The molecule has 2 saturated carbocycles. The maximum atomic E-state index is 6.36. The van der Waals surface area contributed by atoms with Crippen molar-refractivity contribution in [2.24, 2.45) is 23.7 Å². The summed E-state index contributed by atoms with van der Waals surface area (Å²) in [5.74, 6) is 3.25. The molecule has 0 heterocycles. The summed E-state index contributed by atoms with van der Waals surface area (Å²) in [5.41, 5.74) is 0. The quantitative estimate of drug-likeness (QED) is 0.543. The average Bonchev–Trinajstić information content (AvgIpc) is 2.46. The van der Waals surface area contributed by atoms with E-state index in [9.17, 15) is 0 Å². The number of rotatable bonds is 6. The van der Waals surface area contributed by atoms with Gasteiger partial charge in [-0.05, 0) is 62.2 Å². The molecule has 2 fully saturated rings. The molecule has 0 aliphatic heterocycles. The van der Waals surface area contributed by atoms with Gasteiger partial charge in [0.2, 0.25) is 0 Å².